The van der Waals surface area contributed by atoms with Gasteiger partial charge in [0.15, 0.2) is 11.4 Å². The molecular formula is C11H13ClN4O. The molecule has 1 aromatic heterocycles. The van der Waals surface area contributed by atoms with Gasteiger partial charge >= 0.3 is 0 Å². The fraction of sp³-hybridized carbons (Fsp3) is 0.364. The third kappa shape index (κ3) is 1.62. The number of benzene rings is 1. The number of halogens is 1. The summed E-state index contributed by atoms with van der Waals surface area (Å²) in [5.74, 6) is 0.329. The minimum Gasteiger partial charge on any atom is -0.380 e. The molecule has 1 atom stereocenters. The van der Waals surface area contributed by atoms with E-state index in [9.17, 15) is 0 Å². The number of aromatic nitrogens is 1. The van der Waals surface area contributed by atoms with Crippen LogP contribution in [0.4, 0.5) is 11.5 Å². The Hall–Kier alpha value is -1.46. The summed E-state index contributed by atoms with van der Waals surface area (Å²) in [6.07, 6.45) is 0.980. The van der Waals surface area contributed by atoms with Gasteiger partial charge in [0.25, 0.3) is 0 Å². The van der Waals surface area contributed by atoms with Crippen LogP contribution >= 0.6 is 11.6 Å². The zero-order valence-corrected chi connectivity index (χ0v) is 9.94. The summed E-state index contributed by atoms with van der Waals surface area (Å²) in [7, 11) is 0. The van der Waals surface area contributed by atoms with Crippen LogP contribution in [0.25, 0.3) is 11.0 Å². The number of fused-ring (bicyclic) bond motifs is 1. The van der Waals surface area contributed by atoms with Crippen molar-refractivity contribution in [3.63, 3.8) is 0 Å². The standard InChI is InChI=1S/C11H13ClN4O/c12-7-1-2-8(16-4-3-6(13)5-16)10-9(7)11(14)15-17-10/h1-2,6H,3-5,13H2,(H2,14,15)/t6-/m1/s1. The van der Waals surface area contributed by atoms with E-state index in [0.29, 0.717) is 21.8 Å². The van der Waals surface area contributed by atoms with Gasteiger partial charge in [-0.2, -0.15) is 0 Å². The lowest BCUT2D eigenvalue weighted by atomic mass is 10.2. The summed E-state index contributed by atoms with van der Waals surface area (Å²) in [6, 6.07) is 3.95. The van der Waals surface area contributed by atoms with E-state index in [2.05, 4.69) is 10.1 Å². The van der Waals surface area contributed by atoms with Gasteiger partial charge in [-0.3, -0.25) is 0 Å². The van der Waals surface area contributed by atoms with Gasteiger partial charge < -0.3 is 20.9 Å². The summed E-state index contributed by atoms with van der Waals surface area (Å²) < 4.78 is 5.27. The van der Waals surface area contributed by atoms with Crippen LogP contribution in [0.3, 0.4) is 0 Å². The van der Waals surface area contributed by atoms with Crippen molar-refractivity contribution in [1.29, 1.82) is 0 Å². The Morgan fingerprint density at radius 3 is 3.00 bits per heavy atom. The van der Waals surface area contributed by atoms with Gasteiger partial charge in [-0.1, -0.05) is 16.8 Å². The van der Waals surface area contributed by atoms with Gasteiger partial charge in [-0.25, -0.2) is 0 Å². The van der Waals surface area contributed by atoms with Crippen molar-refractivity contribution in [2.45, 2.75) is 12.5 Å². The predicted octanol–water partition coefficient (Wildman–Crippen LogP) is 1.60. The maximum absolute atomic E-state index is 6.09. The molecule has 1 aromatic carbocycles. The van der Waals surface area contributed by atoms with Crippen LogP contribution in [0, 0.1) is 0 Å². The first-order valence-electron chi connectivity index (χ1n) is 5.50. The number of rotatable bonds is 1. The normalized spacial score (nSPS) is 20.4. The third-order valence-electron chi connectivity index (χ3n) is 3.14. The second-order valence-corrected chi connectivity index (χ2v) is 4.74. The summed E-state index contributed by atoms with van der Waals surface area (Å²) in [6.45, 7) is 1.73. The molecule has 1 aliphatic rings. The minimum absolute atomic E-state index is 0.209. The average Bonchev–Trinajstić information content (AvgIpc) is 2.87. The number of hydrogen-bond acceptors (Lipinski definition) is 5. The molecule has 0 bridgehead atoms. The van der Waals surface area contributed by atoms with Gasteiger partial charge in [0.05, 0.1) is 16.1 Å². The smallest absolute Gasteiger partial charge is 0.193 e. The molecule has 90 valence electrons. The number of nitrogen functional groups attached to an aromatic ring is 1. The van der Waals surface area contributed by atoms with E-state index in [1.165, 1.54) is 0 Å². The zero-order valence-electron chi connectivity index (χ0n) is 9.19. The molecule has 1 aliphatic heterocycles. The highest BCUT2D eigenvalue weighted by molar-refractivity contribution is 6.36. The van der Waals surface area contributed by atoms with Crippen molar-refractivity contribution in [1.82, 2.24) is 5.16 Å². The highest BCUT2D eigenvalue weighted by atomic mass is 35.5. The highest BCUT2D eigenvalue weighted by Crippen LogP contribution is 2.36. The first-order valence-corrected chi connectivity index (χ1v) is 5.88. The monoisotopic (exact) mass is 252 g/mol. The molecule has 2 aromatic rings. The number of nitrogens with zero attached hydrogens (tertiary/aromatic N) is 2. The van der Waals surface area contributed by atoms with Crippen molar-refractivity contribution in [2.24, 2.45) is 5.73 Å². The van der Waals surface area contributed by atoms with Crippen LogP contribution in [0.2, 0.25) is 5.02 Å². The molecule has 0 saturated carbocycles. The molecule has 0 spiro atoms. The average molecular weight is 253 g/mol. The highest BCUT2D eigenvalue weighted by Gasteiger charge is 2.23. The predicted molar refractivity (Wildman–Crippen MR) is 68.2 cm³/mol. The third-order valence-corrected chi connectivity index (χ3v) is 3.46. The fourth-order valence-electron chi connectivity index (χ4n) is 2.27. The lowest BCUT2D eigenvalue weighted by Crippen LogP contribution is -2.26. The molecule has 3 rings (SSSR count). The van der Waals surface area contributed by atoms with Crippen LogP contribution in [0.5, 0.6) is 0 Å². The Balaban J connectivity index is 2.14. The van der Waals surface area contributed by atoms with Crippen LogP contribution in [0.1, 0.15) is 6.42 Å². The Bertz CT molecular complexity index is 568. The fourth-order valence-corrected chi connectivity index (χ4v) is 2.52. The summed E-state index contributed by atoms with van der Waals surface area (Å²) in [4.78, 5) is 2.17. The van der Waals surface area contributed by atoms with E-state index in [1.54, 1.807) is 0 Å². The van der Waals surface area contributed by atoms with Gasteiger partial charge in [-0.15, -0.1) is 0 Å². The molecule has 2 heterocycles. The van der Waals surface area contributed by atoms with Crippen molar-refractivity contribution in [3.05, 3.63) is 17.2 Å². The Morgan fingerprint density at radius 1 is 1.47 bits per heavy atom. The topological polar surface area (TPSA) is 81.3 Å². The molecule has 0 unspecified atom stereocenters. The van der Waals surface area contributed by atoms with Gasteiger partial charge in [-0.05, 0) is 18.6 Å². The van der Waals surface area contributed by atoms with E-state index in [1.807, 2.05) is 12.1 Å². The first kappa shape index (κ1) is 10.7. The molecule has 6 heteroatoms. The quantitative estimate of drug-likeness (QED) is 0.806. The largest absolute Gasteiger partial charge is 0.380 e. The van der Waals surface area contributed by atoms with Gasteiger partial charge in [0.1, 0.15) is 0 Å². The zero-order chi connectivity index (χ0) is 12.0. The number of anilines is 2. The van der Waals surface area contributed by atoms with E-state index in [4.69, 9.17) is 27.6 Å². The summed E-state index contributed by atoms with van der Waals surface area (Å²) in [5, 5.41) is 5.01. The minimum atomic E-state index is 0.209. The molecule has 0 aliphatic carbocycles. The summed E-state index contributed by atoms with van der Waals surface area (Å²) in [5.41, 5.74) is 13.2. The SMILES string of the molecule is Nc1noc2c(N3CC[C@@H](N)C3)ccc(Cl)c12. The van der Waals surface area contributed by atoms with Crippen LogP contribution in [-0.4, -0.2) is 24.3 Å². The molecule has 5 nitrogen and oxygen atoms in total. The maximum Gasteiger partial charge on any atom is 0.193 e. The van der Waals surface area contributed by atoms with Crippen LogP contribution < -0.4 is 16.4 Å². The molecule has 0 radical (unpaired) electrons. The van der Waals surface area contributed by atoms with Crippen molar-refractivity contribution in [2.75, 3.05) is 23.7 Å². The van der Waals surface area contributed by atoms with E-state index >= 15 is 0 Å². The summed E-state index contributed by atoms with van der Waals surface area (Å²) >= 11 is 6.09. The van der Waals surface area contributed by atoms with Crippen molar-refractivity contribution < 1.29 is 4.52 Å². The van der Waals surface area contributed by atoms with Crippen LogP contribution in [0.15, 0.2) is 16.7 Å². The molecule has 17 heavy (non-hydrogen) atoms. The van der Waals surface area contributed by atoms with Gasteiger partial charge in [0.2, 0.25) is 0 Å². The second kappa shape index (κ2) is 3.78. The lowest BCUT2D eigenvalue weighted by molar-refractivity contribution is 0.460. The number of hydrogen-bond donors (Lipinski definition) is 2. The first-order chi connectivity index (χ1) is 8.16. The molecule has 1 saturated heterocycles. The van der Waals surface area contributed by atoms with Crippen LogP contribution in [-0.2, 0) is 0 Å². The van der Waals surface area contributed by atoms with Gasteiger partial charge in [0, 0.05) is 19.1 Å². The molecule has 1 fully saturated rings. The Labute approximate surface area is 103 Å². The van der Waals surface area contributed by atoms with Crippen molar-refractivity contribution in [3.8, 4) is 0 Å². The Morgan fingerprint density at radius 2 is 2.29 bits per heavy atom. The molecule has 0 amide bonds. The molecular weight excluding hydrogens is 240 g/mol. The lowest BCUT2D eigenvalue weighted by Gasteiger charge is -2.17. The van der Waals surface area contributed by atoms with Crippen molar-refractivity contribution >= 4 is 34.1 Å². The maximum atomic E-state index is 6.09. The van der Waals surface area contributed by atoms with E-state index < -0.39 is 0 Å². The van der Waals surface area contributed by atoms with E-state index in [0.717, 1.165) is 25.2 Å². The number of nitrogens with two attached hydrogens (primary N) is 2. The Kier molecular flexibility index (Phi) is 2.38. The van der Waals surface area contributed by atoms with E-state index in [-0.39, 0.29) is 6.04 Å². The molecule has 4 N–H and O–H groups in total. The second-order valence-electron chi connectivity index (χ2n) is 4.33.